The van der Waals surface area contributed by atoms with E-state index in [-0.39, 0.29) is 4.90 Å². The van der Waals surface area contributed by atoms with Crippen molar-refractivity contribution in [2.75, 3.05) is 26.2 Å². The predicted molar refractivity (Wildman–Crippen MR) is 81.6 cm³/mol. The molecule has 0 radical (unpaired) electrons. The molecule has 0 saturated heterocycles. The van der Waals surface area contributed by atoms with Crippen molar-refractivity contribution in [3.63, 3.8) is 0 Å². The molecule has 0 bridgehead atoms. The normalized spacial score (nSPS) is 11.7. The summed E-state index contributed by atoms with van der Waals surface area (Å²) in [6.07, 6.45) is 0. The minimum atomic E-state index is -4.28. The van der Waals surface area contributed by atoms with Crippen LogP contribution in [0.2, 0.25) is 0 Å². The van der Waals surface area contributed by atoms with E-state index in [2.05, 4.69) is 27.7 Å². The standard InChI is InChI=1S/C8H20N.C7H8O3S/c1-5-9(6-2,7-3)8-4;1-6-4-2-3-5-7(6)11(8,9)10/h5-8H2,1-4H3;2-5H,1H3,(H,8,9,10)/q+1;/p-1. The first kappa shape index (κ1) is 19.1. The molecule has 1 aromatic carbocycles. The molecule has 0 aliphatic carbocycles. The summed E-state index contributed by atoms with van der Waals surface area (Å²) in [5.41, 5.74) is 0.488. The molecule has 0 atom stereocenters. The van der Waals surface area contributed by atoms with Crippen molar-refractivity contribution in [2.24, 2.45) is 0 Å². The van der Waals surface area contributed by atoms with Gasteiger partial charge in [-0.15, -0.1) is 0 Å². The van der Waals surface area contributed by atoms with Crippen molar-refractivity contribution in [3.8, 4) is 0 Å². The molecule has 5 heteroatoms. The summed E-state index contributed by atoms with van der Waals surface area (Å²) in [5, 5.41) is 0. The Morgan fingerprint density at radius 3 is 1.55 bits per heavy atom. The molecular weight excluding hydrogens is 274 g/mol. The molecule has 1 aromatic rings. The lowest BCUT2D eigenvalue weighted by Gasteiger charge is -2.34. The zero-order valence-corrected chi connectivity index (χ0v) is 14.0. The van der Waals surface area contributed by atoms with Gasteiger partial charge < -0.3 is 9.04 Å². The molecule has 0 amide bonds. The van der Waals surface area contributed by atoms with Crippen LogP contribution >= 0.6 is 0 Å². The Morgan fingerprint density at radius 2 is 1.35 bits per heavy atom. The predicted octanol–water partition coefficient (Wildman–Crippen LogP) is 2.78. The minimum Gasteiger partial charge on any atom is -0.744 e. The highest BCUT2D eigenvalue weighted by Crippen LogP contribution is 2.12. The first-order chi connectivity index (χ1) is 9.26. The molecule has 0 aliphatic rings. The van der Waals surface area contributed by atoms with Crippen LogP contribution in [0.5, 0.6) is 0 Å². The zero-order valence-electron chi connectivity index (χ0n) is 13.2. The first-order valence-corrected chi connectivity index (χ1v) is 8.53. The summed E-state index contributed by atoms with van der Waals surface area (Å²) in [4.78, 5) is -0.139. The van der Waals surface area contributed by atoms with Gasteiger partial charge >= 0.3 is 0 Å². The third-order valence-electron chi connectivity index (χ3n) is 4.05. The van der Waals surface area contributed by atoms with Crippen LogP contribution in [0.3, 0.4) is 0 Å². The van der Waals surface area contributed by atoms with Gasteiger partial charge in [0.25, 0.3) is 0 Å². The smallest absolute Gasteiger partial charge is 0.124 e. The number of quaternary nitrogens is 1. The fraction of sp³-hybridized carbons (Fsp3) is 0.600. The van der Waals surface area contributed by atoms with Crippen LogP contribution < -0.4 is 0 Å². The molecule has 0 aliphatic heterocycles. The van der Waals surface area contributed by atoms with Gasteiger partial charge in [-0.1, -0.05) is 18.2 Å². The summed E-state index contributed by atoms with van der Waals surface area (Å²) in [6.45, 7) is 15.8. The third-order valence-corrected chi connectivity index (χ3v) is 5.04. The van der Waals surface area contributed by atoms with Crippen LogP contribution in [0.25, 0.3) is 0 Å². The topological polar surface area (TPSA) is 57.2 Å². The maximum Gasteiger partial charge on any atom is 0.124 e. The van der Waals surface area contributed by atoms with Crippen LogP contribution in [0.4, 0.5) is 0 Å². The van der Waals surface area contributed by atoms with Gasteiger partial charge in [0.05, 0.1) is 31.1 Å². The summed E-state index contributed by atoms with van der Waals surface area (Å²) >= 11 is 0. The maximum absolute atomic E-state index is 10.5. The number of rotatable bonds is 5. The Balaban J connectivity index is 0.000000370. The van der Waals surface area contributed by atoms with E-state index < -0.39 is 10.1 Å². The second kappa shape index (κ2) is 8.39. The number of hydrogen-bond acceptors (Lipinski definition) is 3. The van der Waals surface area contributed by atoms with Crippen LogP contribution in [-0.4, -0.2) is 43.6 Å². The quantitative estimate of drug-likeness (QED) is 0.620. The lowest BCUT2D eigenvalue weighted by atomic mass is 10.2. The van der Waals surface area contributed by atoms with Crippen molar-refractivity contribution in [1.29, 1.82) is 0 Å². The van der Waals surface area contributed by atoms with Crippen LogP contribution in [-0.2, 0) is 10.1 Å². The van der Waals surface area contributed by atoms with E-state index in [1.807, 2.05) is 0 Å². The Kier molecular flexibility index (Phi) is 8.01. The second-order valence-electron chi connectivity index (χ2n) is 4.83. The minimum absolute atomic E-state index is 0.139. The molecular formula is C15H27NO3S. The fourth-order valence-corrected chi connectivity index (χ4v) is 2.89. The van der Waals surface area contributed by atoms with Gasteiger partial charge in [-0.25, -0.2) is 8.42 Å². The van der Waals surface area contributed by atoms with E-state index in [1.54, 1.807) is 19.1 Å². The van der Waals surface area contributed by atoms with Crippen molar-refractivity contribution in [1.82, 2.24) is 0 Å². The molecule has 0 heterocycles. The zero-order chi connectivity index (χ0) is 15.8. The summed E-state index contributed by atoms with van der Waals surface area (Å²) in [6, 6.07) is 6.10. The van der Waals surface area contributed by atoms with Gasteiger partial charge in [0, 0.05) is 0 Å². The molecule has 0 spiro atoms. The van der Waals surface area contributed by atoms with Crippen LogP contribution in [0.1, 0.15) is 33.3 Å². The van der Waals surface area contributed by atoms with Gasteiger partial charge in [0.2, 0.25) is 0 Å². The molecule has 0 unspecified atom stereocenters. The molecule has 1 rings (SSSR count). The van der Waals surface area contributed by atoms with Gasteiger partial charge in [0.1, 0.15) is 10.1 Å². The molecule has 0 aromatic heterocycles. The van der Waals surface area contributed by atoms with E-state index in [4.69, 9.17) is 0 Å². The average molecular weight is 301 g/mol. The van der Waals surface area contributed by atoms with Gasteiger partial charge in [-0.05, 0) is 46.2 Å². The van der Waals surface area contributed by atoms with E-state index in [0.717, 1.165) is 0 Å². The number of nitrogens with zero attached hydrogens (tertiary/aromatic N) is 1. The highest BCUT2D eigenvalue weighted by molar-refractivity contribution is 7.85. The molecule has 116 valence electrons. The largest absolute Gasteiger partial charge is 0.744 e. The SMILES string of the molecule is CC[N+](CC)(CC)CC.Cc1ccccc1S(=O)(=O)[O-]. The van der Waals surface area contributed by atoms with Crippen molar-refractivity contribution in [3.05, 3.63) is 29.8 Å². The van der Waals surface area contributed by atoms with Crippen molar-refractivity contribution in [2.45, 2.75) is 39.5 Å². The summed E-state index contributed by atoms with van der Waals surface area (Å²) < 4.78 is 32.8. The number of hydrogen-bond donors (Lipinski definition) is 0. The van der Waals surface area contributed by atoms with Crippen LogP contribution in [0.15, 0.2) is 29.2 Å². The molecule has 0 saturated carbocycles. The first-order valence-electron chi connectivity index (χ1n) is 7.12. The molecule has 0 fully saturated rings. The summed E-state index contributed by atoms with van der Waals surface area (Å²) in [5.74, 6) is 0. The Hall–Kier alpha value is -0.910. The third kappa shape index (κ3) is 5.61. The Bertz CT molecular complexity index is 476. The van der Waals surface area contributed by atoms with E-state index >= 15 is 0 Å². The Labute approximate surface area is 123 Å². The average Bonchev–Trinajstić information content (AvgIpc) is 2.42. The lowest BCUT2D eigenvalue weighted by molar-refractivity contribution is -0.921. The van der Waals surface area contributed by atoms with E-state index in [1.165, 1.54) is 42.8 Å². The molecule has 0 N–H and O–H groups in total. The van der Waals surface area contributed by atoms with E-state index in [9.17, 15) is 13.0 Å². The van der Waals surface area contributed by atoms with Gasteiger partial charge in [0.15, 0.2) is 0 Å². The maximum atomic E-state index is 10.5. The molecule has 20 heavy (non-hydrogen) atoms. The lowest BCUT2D eigenvalue weighted by Crippen LogP contribution is -2.47. The van der Waals surface area contributed by atoms with Crippen molar-refractivity contribution < 1.29 is 17.5 Å². The summed E-state index contributed by atoms with van der Waals surface area (Å²) in [7, 11) is -4.28. The van der Waals surface area contributed by atoms with Gasteiger partial charge in [-0.3, -0.25) is 0 Å². The number of aryl methyl sites for hydroxylation is 1. The highest BCUT2D eigenvalue weighted by atomic mass is 32.2. The van der Waals surface area contributed by atoms with E-state index in [0.29, 0.717) is 5.56 Å². The van der Waals surface area contributed by atoms with Crippen LogP contribution in [0, 0.1) is 6.92 Å². The highest BCUT2D eigenvalue weighted by Gasteiger charge is 2.16. The second-order valence-corrected chi connectivity index (χ2v) is 6.17. The fourth-order valence-electron chi connectivity index (χ4n) is 2.18. The number of benzene rings is 1. The Morgan fingerprint density at radius 1 is 0.950 bits per heavy atom. The molecule has 4 nitrogen and oxygen atoms in total. The monoisotopic (exact) mass is 301 g/mol. The van der Waals surface area contributed by atoms with Crippen molar-refractivity contribution >= 4 is 10.1 Å². The van der Waals surface area contributed by atoms with Gasteiger partial charge in [-0.2, -0.15) is 0 Å².